The Morgan fingerprint density at radius 3 is 2.41 bits per heavy atom. The molecule has 4 nitrogen and oxygen atoms in total. The molecule has 34 heavy (non-hydrogen) atoms. The van der Waals surface area contributed by atoms with Crippen LogP contribution in [0.4, 0.5) is 0 Å². The van der Waals surface area contributed by atoms with Crippen LogP contribution in [-0.2, 0) is 21.6 Å². The van der Waals surface area contributed by atoms with Gasteiger partial charge in [0, 0.05) is 12.0 Å². The van der Waals surface area contributed by atoms with E-state index in [1.807, 2.05) is 35.0 Å². The Labute approximate surface area is 210 Å². The summed E-state index contributed by atoms with van der Waals surface area (Å²) in [5, 5.41) is 15.3. The minimum Gasteiger partial charge on any atom is -0.463 e. The van der Waals surface area contributed by atoms with Gasteiger partial charge in [0.2, 0.25) is 5.60 Å². The molecule has 2 fully saturated rings. The number of aryl methyl sites for hydroxylation is 1. The number of hydrogen-bond acceptors (Lipinski definition) is 6. The maximum Gasteiger partial charge on any atom is 0.349 e. The predicted molar refractivity (Wildman–Crippen MR) is 138 cm³/mol. The summed E-state index contributed by atoms with van der Waals surface area (Å²) in [7, 11) is 2.26. The summed E-state index contributed by atoms with van der Waals surface area (Å²) in [6, 6.07) is 18.6. The third kappa shape index (κ3) is 4.61. The number of carbonyl (C=O) groups excluding carboxylic acids is 1. The molecule has 0 aliphatic heterocycles. The van der Waals surface area contributed by atoms with Gasteiger partial charge in [0.25, 0.3) is 0 Å². The highest BCUT2D eigenvalue weighted by atomic mass is 32.1. The molecule has 6 heteroatoms. The highest BCUT2D eigenvalue weighted by molar-refractivity contribution is 7.12. The van der Waals surface area contributed by atoms with Gasteiger partial charge in [-0.2, -0.15) is 0 Å². The van der Waals surface area contributed by atoms with Crippen molar-refractivity contribution in [3.63, 3.8) is 0 Å². The van der Waals surface area contributed by atoms with E-state index in [4.69, 9.17) is 4.74 Å². The third-order valence-corrected chi connectivity index (χ3v) is 9.87. The lowest BCUT2D eigenvalue weighted by molar-refractivity contribution is -0.163. The molecule has 0 amide bonds. The normalized spacial score (nSPS) is 24.1. The summed E-state index contributed by atoms with van der Waals surface area (Å²) >= 11 is 2.77. The van der Waals surface area contributed by atoms with Crippen LogP contribution in [-0.4, -0.2) is 42.2 Å². The van der Waals surface area contributed by atoms with Crippen LogP contribution >= 0.6 is 22.7 Å². The zero-order valence-corrected chi connectivity index (χ0v) is 21.3. The van der Waals surface area contributed by atoms with E-state index < -0.39 is 11.6 Å². The fourth-order valence-corrected chi connectivity index (χ4v) is 7.83. The molecule has 0 spiro atoms. The second-order valence-electron chi connectivity index (χ2n) is 9.80. The van der Waals surface area contributed by atoms with Gasteiger partial charge in [-0.15, -0.1) is 22.7 Å². The van der Waals surface area contributed by atoms with Crippen LogP contribution in [0, 0.1) is 17.8 Å². The number of benzene rings is 1. The Bertz CT molecular complexity index is 1020. The standard InChI is InChI=1S/C28H33NO3S2/c1-29(15-5-10-20-8-3-2-4-9-20)24-18-21-13-14-22(24)23(21)19-32-27(30)28(31,25-11-6-16-33-25)26-12-7-17-34-26/h2-4,6-9,11-12,16-17,21-24,31H,5,10,13-15,18-19H2,1H3. The number of hydrogen-bond donors (Lipinski definition) is 1. The zero-order valence-electron chi connectivity index (χ0n) is 19.6. The van der Waals surface area contributed by atoms with Crippen molar-refractivity contribution in [2.24, 2.45) is 17.8 Å². The molecule has 2 aliphatic rings. The van der Waals surface area contributed by atoms with E-state index in [2.05, 4.69) is 42.3 Å². The average molecular weight is 496 g/mol. The summed E-state index contributed by atoms with van der Waals surface area (Å²) in [4.78, 5) is 17.0. The number of carbonyl (C=O) groups is 1. The lowest BCUT2D eigenvalue weighted by Crippen LogP contribution is -2.39. The first-order valence-corrected chi connectivity index (χ1v) is 14.0. The topological polar surface area (TPSA) is 49.8 Å². The van der Waals surface area contributed by atoms with Gasteiger partial charge < -0.3 is 14.7 Å². The van der Waals surface area contributed by atoms with Crippen LogP contribution in [0.2, 0.25) is 0 Å². The van der Waals surface area contributed by atoms with Crippen LogP contribution in [0.3, 0.4) is 0 Å². The molecule has 180 valence electrons. The monoisotopic (exact) mass is 495 g/mol. The van der Waals surface area contributed by atoms with E-state index >= 15 is 0 Å². The first-order valence-electron chi connectivity index (χ1n) is 12.3. The van der Waals surface area contributed by atoms with E-state index in [-0.39, 0.29) is 0 Å². The van der Waals surface area contributed by atoms with Crippen molar-refractivity contribution in [1.82, 2.24) is 4.90 Å². The summed E-state index contributed by atoms with van der Waals surface area (Å²) in [5.74, 6) is 1.02. The quantitative estimate of drug-likeness (QED) is 0.374. The first kappa shape index (κ1) is 23.7. The Morgan fingerprint density at radius 2 is 1.76 bits per heavy atom. The van der Waals surface area contributed by atoms with E-state index in [0.717, 1.165) is 19.4 Å². The number of nitrogens with zero attached hydrogens (tertiary/aromatic N) is 1. The zero-order chi connectivity index (χ0) is 23.5. The molecule has 1 aromatic carbocycles. The van der Waals surface area contributed by atoms with E-state index in [9.17, 15) is 9.90 Å². The number of rotatable bonds is 10. The second kappa shape index (κ2) is 10.3. The number of thiophene rings is 2. The van der Waals surface area contributed by atoms with E-state index in [0.29, 0.717) is 40.2 Å². The van der Waals surface area contributed by atoms with Gasteiger partial charge in [-0.1, -0.05) is 42.5 Å². The maximum absolute atomic E-state index is 13.3. The Balaban J connectivity index is 1.19. The molecular weight excluding hydrogens is 462 g/mol. The van der Waals surface area contributed by atoms with Gasteiger partial charge in [-0.3, -0.25) is 0 Å². The minimum absolute atomic E-state index is 0.390. The van der Waals surface area contributed by atoms with Crippen molar-refractivity contribution in [2.45, 2.75) is 43.7 Å². The van der Waals surface area contributed by atoms with Crippen LogP contribution in [0.25, 0.3) is 0 Å². The van der Waals surface area contributed by atoms with Crippen molar-refractivity contribution in [1.29, 1.82) is 0 Å². The van der Waals surface area contributed by atoms with Gasteiger partial charge >= 0.3 is 5.97 Å². The first-order chi connectivity index (χ1) is 16.6. The summed E-state index contributed by atoms with van der Waals surface area (Å²) in [5.41, 5.74) is -0.314. The van der Waals surface area contributed by atoms with Crippen molar-refractivity contribution in [3.8, 4) is 0 Å². The highest BCUT2D eigenvalue weighted by Crippen LogP contribution is 2.51. The van der Waals surface area contributed by atoms with Crippen molar-refractivity contribution in [2.75, 3.05) is 20.2 Å². The molecule has 2 bridgehead atoms. The lowest BCUT2D eigenvalue weighted by Gasteiger charge is -2.32. The fraction of sp³-hybridized carbons (Fsp3) is 0.464. The van der Waals surface area contributed by atoms with Crippen molar-refractivity contribution < 1.29 is 14.6 Å². The van der Waals surface area contributed by atoms with Crippen LogP contribution in [0.5, 0.6) is 0 Å². The molecule has 0 saturated heterocycles. The molecule has 2 saturated carbocycles. The maximum atomic E-state index is 13.3. The Morgan fingerprint density at radius 1 is 1.06 bits per heavy atom. The van der Waals surface area contributed by atoms with Gasteiger partial charge in [0.15, 0.2) is 0 Å². The van der Waals surface area contributed by atoms with Crippen molar-refractivity contribution >= 4 is 28.6 Å². The number of fused-ring (bicyclic) bond motifs is 2. The minimum atomic E-state index is -1.71. The molecule has 3 aromatic rings. The van der Waals surface area contributed by atoms with Gasteiger partial charge in [-0.05, 0) is 86.0 Å². The number of aliphatic hydroxyl groups is 1. The molecule has 5 rings (SSSR count). The molecule has 2 heterocycles. The smallest absolute Gasteiger partial charge is 0.349 e. The largest absolute Gasteiger partial charge is 0.463 e. The van der Waals surface area contributed by atoms with E-state index in [1.165, 1.54) is 47.5 Å². The van der Waals surface area contributed by atoms with Gasteiger partial charge in [0.1, 0.15) is 0 Å². The molecule has 4 atom stereocenters. The van der Waals surface area contributed by atoms with Gasteiger partial charge in [0.05, 0.1) is 16.4 Å². The van der Waals surface area contributed by atoms with Gasteiger partial charge in [-0.25, -0.2) is 4.79 Å². The molecule has 4 unspecified atom stereocenters. The lowest BCUT2D eigenvalue weighted by atomic mass is 9.93. The SMILES string of the molecule is CN(CCCc1ccccc1)C1CC2CCC1C2COC(=O)C(O)(c1cccs1)c1cccs1. The van der Waals surface area contributed by atoms with Crippen molar-refractivity contribution in [3.05, 3.63) is 80.7 Å². The fourth-order valence-electron chi connectivity index (χ4n) is 6.12. The molecular formula is C28H33NO3S2. The molecule has 1 N–H and O–H groups in total. The molecule has 2 aromatic heterocycles. The van der Waals surface area contributed by atoms with Crippen LogP contribution in [0.15, 0.2) is 65.4 Å². The van der Waals surface area contributed by atoms with Crippen LogP contribution in [0.1, 0.15) is 41.0 Å². The third-order valence-electron chi connectivity index (χ3n) is 7.91. The summed E-state index contributed by atoms with van der Waals surface area (Å²) < 4.78 is 5.89. The highest BCUT2D eigenvalue weighted by Gasteiger charge is 2.50. The molecule has 0 radical (unpaired) electrons. The predicted octanol–water partition coefficient (Wildman–Crippen LogP) is 5.57. The Kier molecular flexibility index (Phi) is 7.21. The Hall–Kier alpha value is -1.99. The second-order valence-corrected chi connectivity index (χ2v) is 11.7. The average Bonchev–Trinajstić information content (AvgIpc) is 3.67. The summed E-state index contributed by atoms with van der Waals surface area (Å²) in [6.07, 6.45) is 5.89. The summed E-state index contributed by atoms with van der Waals surface area (Å²) in [6.45, 7) is 1.49. The van der Waals surface area contributed by atoms with E-state index in [1.54, 1.807) is 0 Å². The molecule has 2 aliphatic carbocycles. The number of ether oxygens (including phenoxy) is 1. The van der Waals surface area contributed by atoms with Crippen LogP contribution < -0.4 is 0 Å². The number of esters is 1.